The molecule has 242 valence electrons. The molecule has 3 aliphatic rings. The van der Waals surface area contributed by atoms with E-state index in [1.807, 2.05) is 0 Å². The smallest absolute Gasteiger partial charge is 0.408 e. The van der Waals surface area contributed by atoms with Crippen LogP contribution in [-0.4, -0.2) is 64.0 Å². The SMILES string of the molecule is CC[C@@]1(O)C(=O)OCc2c1cc1n(c2=O)Cc2c-1nc1cc(F)c3c(c1c2C)N(C(=O)CNC(=O)COC(=O)NC(C)(C)C)CO3. The van der Waals surface area contributed by atoms with Crippen molar-refractivity contribution in [2.45, 2.75) is 65.3 Å². The van der Waals surface area contributed by atoms with Crippen LogP contribution in [0, 0.1) is 12.7 Å². The summed E-state index contributed by atoms with van der Waals surface area (Å²) in [5.41, 5.74) is -0.393. The molecule has 0 unspecified atom stereocenters. The summed E-state index contributed by atoms with van der Waals surface area (Å²) in [6.07, 6.45) is -0.805. The molecular weight excluding hydrogens is 605 g/mol. The van der Waals surface area contributed by atoms with Gasteiger partial charge in [0.1, 0.15) is 12.3 Å². The zero-order valence-electron chi connectivity index (χ0n) is 25.8. The molecule has 3 amide bonds. The number of aryl methyl sites for hydroxylation is 1. The number of aliphatic hydroxyl groups is 1. The summed E-state index contributed by atoms with van der Waals surface area (Å²) in [6.45, 7) is 7.00. The lowest BCUT2D eigenvalue weighted by atomic mass is 9.86. The number of nitrogens with zero attached hydrogens (tertiary/aromatic N) is 3. The lowest BCUT2D eigenvalue weighted by Gasteiger charge is -2.31. The fourth-order valence-electron chi connectivity index (χ4n) is 5.98. The minimum Gasteiger partial charge on any atom is -0.467 e. The number of carbonyl (C=O) groups is 4. The molecule has 0 saturated carbocycles. The van der Waals surface area contributed by atoms with E-state index < -0.39 is 59.5 Å². The molecule has 3 aromatic rings. The maximum Gasteiger partial charge on any atom is 0.408 e. The summed E-state index contributed by atoms with van der Waals surface area (Å²) in [6, 6.07) is 2.74. The van der Waals surface area contributed by atoms with Crippen molar-refractivity contribution in [3.8, 4) is 17.1 Å². The first-order valence-corrected chi connectivity index (χ1v) is 14.6. The normalized spacial score (nSPS) is 17.8. The van der Waals surface area contributed by atoms with Crippen LogP contribution in [0.5, 0.6) is 5.75 Å². The van der Waals surface area contributed by atoms with Crippen molar-refractivity contribution in [3.05, 3.63) is 50.6 Å². The van der Waals surface area contributed by atoms with Gasteiger partial charge >= 0.3 is 12.1 Å². The minimum atomic E-state index is -2.00. The number of alkyl carbamates (subject to hydrolysis) is 1. The highest BCUT2D eigenvalue weighted by Gasteiger charge is 2.45. The van der Waals surface area contributed by atoms with E-state index in [4.69, 9.17) is 19.2 Å². The minimum absolute atomic E-state index is 0.0139. The summed E-state index contributed by atoms with van der Waals surface area (Å²) in [5, 5.41) is 16.5. The lowest BCUT2D eigenvalue weighted by molar-refractivity contribution is -0.172. The van der Waals surface area contributed by atoms with Crippen molar-refractivity contribution in [2.75, 3.05) is 24.8 Å². The quantitative estimate of drug-likeness (QED) is 0.274. The monoisotopic (exact) mass is 637 g/mol. The average molecular weight is 638 g/mol. The van der Waals surface area contributed by atoms with Crippen LogP contribution in [0.25, 0.3) is 22.3 Å². The molecular formula is C31H32FN5O9. The number of esters is 1. The Kier molecular flexibility index (Phi) is 7.26. The topological polar surface area (TPSA) is 178 Å². The second kappa shape index (κ2) is 10.8. The van der Waals surface area contributed by atoms with Crippen LogP contribution >= 0.6 is 0 Å². The number of carbonyl (C=O) groups excluding carboxylic acids is 4. The fraction of sp³-hybridized carbons (Fsp3) is 0.419. The summed E-state index contributed by atoms with van der Waals surface area (Å²) in [7, 11) is 0. The molecule has 2 aromatic heterocycles. The van der Waals surface area contributed by atoms with E-state index >= 15 is 4.39 Å². The molecule has 14 nitrogen and oxygen atoms in total. The third-order valence-corrected chi connectivity index (χ3v) is 8.29. The maximum absolute atomic E-state index is 15.4. The number of anilines is 1. The van der Waals surface area contributed by atoms with Gasteiger partial charge in [0.05, 0.1) is 35.6 Å². The summed E-state index contributed by atoms with van der Waals surface area (Å²) in [4.78, 5) is 69.3. The first-order chi connectivity index (χ1) is 21.6. The molecule has 6 rings (SSSR count). The van der Waals surface area contributed by atoms with Crippen molar-refractivity contribution >= 4 is 40.5 Å². The van der Waals surface area contributed by atoms with Gasteiger partial charge in [-0.25, -0.2) is 19.0 Å². The number of cyclic esters (lactones) is 1. The predicted octanol–water partition coefficient (Wildman–Crippen LogP) is 1.85. The van der Waals surface area contributed by atoms with Crippen molar-refractivity contribution in [1.29, 1.82) is 0 Å². The molecule has 0 radical (unpaired) electrons. The molecule has 46 heavy (non-hydrogen) atoms. The number of aromatic nitrogens is 2. The number of nitrogens with one attached hydrogen (secondary N) is 2. The molecule has 0 aliphatic carbocycles. The van der Waals surface area contributed by atoms with E-state index in [0.29, 0.717) is 27.9 Å². The summed E-state index contributed by atoms with van der Waals surface area (Å²) >= 11 is 0. The molecule has 3 aliphatic heterocycles. The van der Waals surface area contributed by atoms with E-state index in [9.17, 15) is 29.1 Å². The molecule has 5 heterocycles. The van der Waals surface area contributed by atoms with E-state index in [-0.39, 0.29) is 54.4 Å². The van der Waals surface area contributed by atoms with Gasteiger partial charge in [-0.05, 0) is 45.7 Å². The number of benzene rings is 1. The van der Waals surface area contributed by atoms with Gasteiger partial charge in [0.15, 0.2) is 30.5 Å². The van der Waals surface area contributed by atoms with Crippen LogP contribution in [0.4, 0.5) is 14.9 Å². The van der Waals surface area contributed by atoms with Gasteiger partial charge in [-0.1, -0.05) is 6.92 Å². The fourth-order valence-corrected chi connectivity index (χ4v) is 5.98. The van der Waals surface area contributed by atoms with Gasteiger partial charge in [-0.3, -0.25) is 19.3 Å². The third-order valence-electron chi connectivity index (χ3n) is 8.29. The van der Waals surface area contributed by atoms with E-state index in [1.165, 1.54) is 15.5 Å². The van der Waals surface area contributed by atoms with E-state index in [2.05, 4.69) is 10.6 Å². The number of hydrogen-bond acceptors (Lipinski definition) is 10. The number of hydrogen-bond donors (Lipinski definition) is 3. The van der Waals surface area contributed by atoms with Crippen LogP contribution in [0.15, 0.2) is 16.9 Å². The van der Waals surface area contributed by atoms with Gasteiger partial charge in [0.2, 0.25) is 5.91 Å². The van der Waals surface area contributed by atoms with Gasteiger partial charge < -0.3 is 34.5 Å². The van der Waals surface area contributed by atoms with Crippen molar-refractivity contribution in [1.82, 2.24) is 20.2 Å². The van der Waals surface area contributed by atoms with Crippen molar-refractivity contribution in [3.63, 3.8) is 0 Å². The van der Waals surface area contributed by atoms with Crippen LogP contribution in [0.1, 0.15) is 56.4 Å². The highest BCUT2D eigenvalue weighted by atomic mass is 19.1. The van der Waals surface area contributed by atoms with Crippen molar-refractivity contribution < 1.29 is 42.9 Å². The van der Waals surface area contributed by atoms with E-state index in [1.54, 1.807) is 40.7 Å². The van der Waals surface area contributed by atoms with E-state index in [0.717, 1.165) is 0 Å². The Labute approximate surface area is 261 Å². The Morgan fingerprint density at radius 3 is 2.61 bits per heavy atom. The first kappa shape index (κ1) is 31.0. The van der Waals surface area contributed by atoms with Gasteiger partial charge in [0.25, 0.3) is 11.5 Å². The standard InChI is InChI=1S/C31H32FN5O9/c1-6-31(43)17-7-20-24-15(10-36(20)27(40)16(17)11-44-28(31)41)14(2)23-19(34-24)8-18(32)26-25(23)37(13-46-26)22(39)9-33-21(38)12-45-29(42)35-30(3,4)5/h7-8,43H,6,9-13H2,1-5H3,(H,33,38)(H,35,42)/t31-/m0/s1. The van der Waals surface area contributed by atoms with Crippen LogP contribution < -0.4 is 25.8 Å². The number of fused-ring (bicyclic) bond motifs is 7. The average Bonchev–Trinajstić information content (AvgIpc) is 3.59. The molecule has 0 spiro atoms. The zero-order valence-corrected chi connectivity index (χ0v) is 25.8. The number of ether oxygens (including phenoxy) is 3. The molecule has 1 atom stereocenters. The van der Waals surface area contributed by atoms with Gasteiger partial charge in [0, 0.05) is 28.1 Å². The Morgan fingerprint density at radius 1 is 1.17 bits per heavy atom. The Bertz CT molecular complexity index is 1930. The number of pyridine rings is 2. The highest BCUT2D eigenvalue weighted by Crippen LogP contribution is 2.47. The molecule has 0 bridgehead atoms. The number of halogens is 1. The number of amides is 3. The Morgan fingerprint density at radius 2 is 1.91 bits per heavy atom. The second-order valence-electron chi connectivity index (χ2n) is 12.4. The Balaban J connectivity index is 1.32. The summed E-state index contributed by atoms with van der Waals surface area (Å²) < 4.78 is 32.4. The van der Waals surface area contributed by atoms with Gasteiger partial charge in [-0.15, -0.1) is 0 Å². The van der Waals surface area contributed by atoms with Crippen LogP contribution in [0.2, 0.25) is 0 Å². The zero-order chi connectivity index (χ0) is 33.3. The van der Waals surface area contributed by atoms with Crippen LogP contribution in [0.3, 0.4) is 0 Å². The highest BCUT2D eigenvalue weighted by molar-refractivity contribution is 6.09. The lowest BCUT2D eigenvalue weighted by Crippen LogP contribution is -2.44. The molecule has 1 aromatic carbocycles. The summed E-state index contributed by atoms with van der Waals surface area (Å²) in [5.74, 6) is -3.11. The largest absolute Gasteiger partial charge is 0.467 e. The predicted molar refractivity (Wildman–Crippen MR) is 159 cm³/mol. The van der Waals surface area contributed by atoms with Crippen LogP contribution in [-0.2, 0) is 42.6 Å². The Hall–Kier alpha value is -5.05. The molecule has 0 saturated heterocycles. The molecule has 15 heteroatoms. The molecule has 3 N–H and O–H groups in total. The van der Waals surface area contributed by atoms with Gasteiger partial charge in [-0.2, -0.15) is 0 Å². The second-order valence-corrected chi connectivity index (χ2v) is 12.4. The maximum atomic E-state index is 15.4. The number of rotatable bonds is 5. The van der Waals surface area contributed by atoms with Crippen molar-refractivity contribution in [2.24, 2.45) is 0 Å². The molecule has 0 fully saturated rings. The first-order valence-electron chi connectivity index (χ1n) is 14.6. The third kappa shape index (κ3) is 4.90.